The summed E-state index contributed by atoms with van der Waals surface area (Å²) in [7, 11) is 3.04. The average Bonchev–Trinajstić information content (AvgIpc) is 2.94. The first-order chi connectivity index (χ1) is 9.24. The summed E-state index contributed by atoms with van der Waals surface area (Å²) in [6.07, 6.45) is 1.02. The van der Waals surface area contributed by atoms with E-state index in [4.69, 9.17) is 9.47 Å². The number of anilines is 1. The van der Waals surface area contributed by atoms with E-state index in [1.54, 1.807) is 12.5 Å². The van der Waals surface area contributed by atoms with E-state index in [1.165, 1.54) is 18.4 Å². The van der Waals surface area contributed by atoms with Gasteiger partial charge in [-0.1, -0.05) is 0 Å². The largest absolute Gasteiger partial charge is 0.464 e. The molecular formula is C12H18N2O4S. The van der Waals surface area contributed by atoms with Crippen molar-refractivity contribution in [3.05, 3.63) is 11.1 Å². The van der Waals surface area contributed by atoms with Gasteiger partial charge in [0.1, 0.15) is 0 Å². The summed E-state index contributed by atoms with van der Waals surface area (Å²) in [6, 6.07) is 0. The van der Waals surface area contributed by atoms with Crippen molar-refractivity contribution in [1.82, 2.24) is 4.98 Å². The highest BCUT2D eigenvalue weighted by molar-refractivity contribution is 7.13. The fourth-order valence-corrected chi connectivity index (χ4v) is 2.76. The van der Waals surface area contributed by atoms with Crippen LogP contribution in [0.25, 0.3) is 0 Å². The Morgan fingerprint density at radius 2 is 2.47 bits per heavy atom. The minimum absolute atomic E-state index is 0.152. The summed E-state index contributed by atoms with van der Waals surface area (Å²) in [5.41, 5.74) is 0.363. The predicted molar refractivity (Wildman–Crippen MR) is 71.9 cm³/mol. The number of ether oxygens (including phenoxy) is 3. The second-order valence-corrected chi connectivity index (χ2v) is 5.06. The van der Waals surface area contributed by atoms with E-state index >= 15 is 0 Å². The third-order valence-corrected chi connectivity index (χ3v) is 3.84. The Morgan fingerprint density at radius 1 is 1.63 bits per heavy atom. The van der Waals surface area contributed by atoms with Gasteiger partial charge in [-0.2, -0.15) is 0 Å². The topological polar surface area (TPSA) is 60.9 Å². The SMILES string of the molecule is COCCC1CN(c2nc(C(=O)OC)cs2)CCO1. The van der Waals surface area contributed by atoms with Gasteiger partial charge in [0.2, 0.25) is 0 Å². The molecule has 2 rings (SSSR count). The zero-order valence-corrected chi connectivity index (χ0v) is 11.9. The zero-order valence-electron chi connectivity index (χ0n) is 11.1. The number of esters is 1. The molecule has 2 heterocycles. The Hall–Kier alpha value is -1.18. The van der Waals surface area contributed by atoms with Crippen LogP contribution < -0.4 is 4.90 Å². The van der Waals surface area contributed by atoms with Crippen LogP contribution in [0.5, 0.6) is 0 Å². The van der Waals surface area contributed by atoms with Crippen LogP contribution in [0.2, 0.25) is 0 Å². The first-order valence-corrected chi connectivity index (χ1v) is 7.02. The molecule has 1 saturated heterocycles. The lowest BCUT2D eigenvalue weighted by atomic mass is 10.2. The van der Waals surface area contributed by atoms with E-state index in [2.05, 4.69) is 14.6 Å². The van der Waals surface area contributed by atoms with Crippen molar-refractivity contribution in [2.75, 3.05) is 45.4 Å². The van der Waals surface area contributed by atoms with Crippen LogP contribution in [0.3, 0.4) is 0 Å². The summed E-state index contributed by atoms with van der Waals surface area (Å²) in [6.45, 7) is 2.92. The number of thiazole rings is 1. The molecule has 1 fully saturated rings. The maximum atomic E-state index is 11.4. The molecule has 0 aliphatic carbocycles. The first-order valence-electron chi connectivity index (χ1n) is 6.14. The number of carbonyl (C=O) groups excluding carboxylic acids is 1. The number of morpholine rings is 1. The normalized spacial score (nSPS) is 19.5. The van der Waals surface area contributed by atoms with Gasteiger partial charge in [0.15, 0.2) is 10.8 Å². The molecule has 1 atom stereocenters. The smallest absolute Gasteiger partial charge is 0.357 e. The molecule has 0 aromatic carbocycles. The van der Waals surface area contributed by atoms with Gasteiger partial charge in [-0.15, -0.1) is 11.3 Å². The molecule has 0 spiro atoms. The Labute approximate surface area is 116 Å². The number of carbonyl (C=O) groups is 1. The zero-order chi connectivity index (χ0) is 13.7. The first kappa shape index (κ1) is 14.2. The van der Waals surface area contributed by atoms with Gasteiger partial charge in [0.25, 0.3) is 0 Å². The molecule has 1 aliphatic heterocycles. The Bertz CT molecular complexity index is 424. The molecule has 0 bridgehead atoms. The van der Waals surface area contributed by atoms with Gasteiger partial charge in [-0.05, 0) is 6.42 Å². The lowest BCUT2D eigenvalue weighted by Gasteiger charge is -2.32. The fraction of sp³-hybridized carbons (Fsp3) is 0.667. The summed E-state index contributed by atoms with van der Waals surface area (Å²) < 4.78 is 15.4. The molecular weight excluding hydrogens is 268 g/mol. The maximum Gasteiger partial charge on any atom is 0.357 e. The van der Waals surface area contributed by atoms with Gasteiger partial charge >= 0.3 is 5.97 Å². The molecule has 1 aromatic heterocycles. The molecule has 7 heteroatoms. The van der Waals surface area contributed by atoms with Crippen LogP contribution in [0.15, 0.2) is 5.38 Å². The van der Waals surface area contributed by atoms with Gasteiger partial charge in [-0.25, -0.2) is 9.78 Å². The predicted octanol–water partition coefficient (Wildman–Crippen LogP) is 1.17. The van der Waals surface area contributed by atoms with Gasteiger partial charge in [0, 0.05) is 32.2 Å². The average molecular weight is 286 g/mol. The number of nitrogens with zero attached hydrogens (tertiary/aromatic N) is 2. The van der Waals surface area contributed by atoms with Gasteiger partial charge < -0.3 is 19.1 Å². The van der Waals surface area contributed by atoms with E-state index in [0.717, 1.165) is 24.6 Å². The van der Waals surface area contributed by atoms with Crippen LogP contribution in [0.4, 0.5) is 5.13 Å². The molecule has 6 nitrogen and oxygen atoms in total. The molecule has 1 aliphatic rings. The quantitative estimate of drug-likeness (QED) is 0.757. The van der Waals surface area contributed by atoms with Crippen molar-refractivity contribution in [2.24, 2.45) is 0 Å². The Kier molecular flexibility index (Phi) is 5.12. The third kappa shape index (κ3) is 3.65. The minimum Gasteiger partial charge on any atom is -0.464 e. The van der Waals surface area contributed by atoms with E-state index in [9.17, 15) is 4.79 Å². The highest BCUT2D eigenvalue weighted by Crippen LogP contribution is 2.23. The Morgan fingerprint density at radius 3 is 3.21 bits per heavy atom. The molecule has 0 saturated carbocycles. The lowest BCUT2D eigenvalue weighted by Crippen LogP contribution is -2.43. The van der Waals surface area contributed by atoms with Crippen LogP contribution in [0.1, 0.15) is 16.9 Å². The van der Waals surface area contributed by atoms with E-state index < -0.39 is 5.97 Å². The molecule has 0 radical (unpaired) electrons. The van der Waals surface area contributed by atoms with Crippen molar-refractivity contribution in [3.8, 4) is 0 Å². The van der Waals surface area contributed by atoms with Crippen LogP contribution in [-0.2, 0) is 14.2 Å². The summed E-state index contributed by atoms with van der Waals surface area (Å²) in [5, 5.41) is 2.56. The number of aromatic nitrogens is 1. The van der Waals surface area contributed by atoms with Crippen molar-refractivity contribution < 1.29 is 19.0 Å². The standard InChI is InChI=1S/C12H18N2O4S/c1-16-5-3-9-7-14(4-6-18-9)12-13-10(8-19-12)11(15)17-2/h8-9H,3-7H2,1-2H3. The highest BCUT2D eigenvalue weighted by Gasteiger charge is 2.23. The number of hydrogen-bond donors (Lipinski definition) is 0. The van der Waals surface area contributed by atoms with Crippen LogP contribution in [0, 0.1) is 0 Å². The number of rotatable bonds is 5. The Balaban J connectivity index is 1.97. The summed E-state index contributed by atoms with van der Waals surface area (Å²) in [4.78, 5) is 17.8. The molecule has 0 amide bonds. The van der Waals surface area contributed by atoms with Crippen molar-refractivity contribution in [3.63, 3.8) is 0 Å². The molecule has 1 aromatic rings. The van der Waals surface area contributed by atoms with Gasteiger partial charge in [-0.3, -0.25) is 0 Å². The second-order valence-electron chi connectivity index (χ2n) is 4.23. The highest BCUT2D eigenvalue weighted by atomic mass is 32.1. The van der Waals surface area contributed by atoms with E-state index in [-0.39, 0.29) is 6.10 Å². The second kappa shape index (κ2) is 6.83. The van der Waals surface area contributed by atoms with Crippen molar-refractivity contribution in [2.45, 2.75) is 12.5 Å². The van der Waals surface area contributed by atoms with Gasteiger partial charge in [0.05, 0.1) is 19.8 Å². The summed E-state index contributed by atoms with van der Waals surface area (Å²) in [5.74, 6) is -0.397. The minimum atomic E-state index is -0.397. The van der Waals surface area contributed by atoms with E-state index in [0.29, 0.717) is 18.9 Å². The van der Waals surface area contributed by atoms with Crippen LogP contribution in [-0.4, -0.2) is 57.6 Å². The molecule has 19 heavy (non-hydrogen) atoms. The fourth-order valence-electron chi connectivity index (χ4n) is 1.92. The maximum absolute atomic E-state index is 11.4. The molecule has 1 unspecified atom stereocenters. The number of hydrogen-bond acceptors (Lipinski definition) is 7. The summed E-state index contributed by atoms with van der Waals surface area (Å²) >= 11 is 1.45. The van der Waals surface area contributed by atoms with Crippen LogP contribution >= 0.6 is 11.3 Å². The van der Waals surface area contributed by atoms with E-state index in [1.807, 2.05) is 0 Å². The monoisotopic (exact) mass is 286 g/mol. The molecule has 106 valence electrons. The van der Waals surface area contributed by atoms with Crippen molar-refractivity contribution >= 4 is 22.4 Å². The van der Waals surface area contributed by atoms with Crippen molar-refractivity contribution in [1.29, 1.82) is 0 Å². The molecule has 0 N–H and O–H groups in total. The third-order valence-electron chi connectivity index (χ3n) is 2.94. The lowest BCUT2D eigenvalue weighted by molar-refractivity contribution is 0.0191. The number of methoxy groups -OCH3 is 2.